The molecule has 160 valence electrons. The summed E-state index contributed by atoms with van der Waals surface area (Å²) in [7, 11) is 0. The van der Waals surface area contributed by atoms with E-state index in [2.05, 4.69) is 10.3 Å². The zero-order valence-corrected chi connectivity index (χ0v) is 16.7. The molecule has 0 aliphatic carbocycles. The van der Waals surface area contributed by atoms with Crippen LogP contribution < -0.4 is 0 Å². The largest absolute Gasteiger partial charge is 0.433 e. The van der Waals surface area contributed by atoms with Crippen LogP contribution in [0.15, 0.2) is 35.0 Å². The lowest BCUT2D eigenvalue weighted by molar-refractivity contribution is -0.144. The SMILES string of the molecule is C[C@H](O)Cn1ncc(-c2onc(-c3ccccc3Cl)c2C2CCCO2)c1C(F)(F)F. The summed E-state index contributed by atoms with van der Waals surface area (Å²) < 4.78 is 53.7. The van der Waals surface area contributed by atoms with Crippen LogP contribution in [0, 0.1) is 0 Å². The molecule has 3 aromatic rings. The van der Waals surface area contributed by atoms with E-state index < -0.39 is 24.1 Å². The molecular formula is C20H19ClF3N3O3. The Balaban J connectivity index is 1.92. The Morgan fingerprint density at radius 3 is 2.70 bits per heavy atom. The van der Waals surface area contributed by atoms with Gasteiger partial charge in [0.15, 0.2) is 11.5 Å². The molecule has 0 bridgehead atoms. The van der Waals surface area contributed by atoms with Gasteiger partial charge in [0, 0.05) is 12.2 Å². The van der Waals surface area contributed by atoms with Crippen molar-refractivity contribution in [1.29, 1.82) is 0 Å². The van der Waals surface area contributed by atoms with E-state index in [1.165, 1.54) is 6.92 Å². The van der Waals surface area contributed by atoms with Gasteiger partial charge in [0.1, 0.15) is 5.69 Å². The molecule has 1 unspecified atom stereocenters. The molecule has 0 spiro atoms. The molecule has 0 saturated carbocycles. The molecular weight excluding hydrogens is 423 g/mol. The highest BCUT2D eigenvalue weighted by Crippen LogP contribution is 2.46. The van der Waals surface area contributed by atoms with Crippen LogP contribution in [0.2, 0.25) is 5.02 Å². The summed E-state index contributed by atoms with van der Waals surface area (Å²) in [5, 5.41) is 17.9. The summed E-state index contributed by atoms with van der Waals surface area (Å²) in [6, 6.07) is 6.91. The van der Waals surface area contributed by atoms with E-state index >= 15 is 0 Å². The fraction of sp³-hybridized carbons (Fsp3) is 0.400. The molecule has 4 rings (SSSR count). The molecule has 1 aromatic carbocycles. The third-order valence-corrected chi connectivity index (χ3v) is 5.23. The highest BCUT2D eigenvalue weighted by Gasteiger charge is 2.42. The van der Waals surface area contributed by atoms with Gasteiger partial charge in [-0.25, -0.2) is 0 Å². The zero-order chi connectivity index (χ0) is 21.5. The summed E-state index contributed by atoms with van der Waals surface area (Å²) >= 11 is 6.31. The van der Waals surface area contributed by atoms with Crippen molar-refractivity contribution in [3.05, 3.63) is 46.7 Å². The third kappa shape index (κ3) is 3.84. The number of aromatic nitrogens is 3. The number of halogens is 4. The first-order chi connectivity index (χ1) is 14.3. The molecule has 0 amide bonds. The third-order valence-electron chi connectivity index (χ3n) is 4.90. The average Bonchev–Trinajstić information content (AvgIpc) is 3.39. The Labute approximate surface area is 175 Å². The zero-order valence-electron chi connectivity index (χ0n) is 16.0. The molecule has 0 radical (unpaired) electrons. The maximum atomic E-state index is 13.9. The number of rotatable bonds is 5. The lowest BCUT2D eigenvalue weighted by Gasteiger charge is -2.15. The molecule has 2 aromatic heterocycles. The van der Waals surface area contributed by atoms with Crippen molar-refractivity contribution in [2.75, 3.05) is 6.61 Å². The van der Waals surface area contributed by atoms with Crippen molar-refractivity contribution in [2.45, 2.75) is 44.7 Å². The van der Waals surface area contributed by atoms with Crippen LogP contribution in [-0.4, -0.2) is 32.8 Å². The van der Waals surface area contributed by atoms with Gasteiger partial charge in [-0.15, -0.1) is 0 Å². The summed E-state index contributed by atoms with van der Waals surface area (Å²) in [6.45, 7) is 1.57. The van der Waals surface area contributed by atoms with Crippen LogP contribution in [0.1, 0.15) is 37.1 Å². The Hall–Kier alpha value is -2.36. The molecule has 1 saturated heterocycles. The first-order valence-electron chi connectivity index (χ1n) is 9.45. The van der Waals surface area contributed by atoms with Crippen LogP contribution in [0.5, 0.6) is 0 Å². The van der Waals surface area contributed by atoms with Crippen LogP contribution in [0.4, 0.5) is 13.2 Å². The summed E-state index contributed by atoms with van der Waals surface area (Å²) in [6.07, 6.45) is -3.73. The van der Waals surface area contributed by atoms with Gasteiger partial charge < -0.3 is 14.4 Å². The van der Waals surface area contributed by atoms with E-state index in [0.717, 1.165) is 17.3 Å². The van der Waals surface area contributed by atoms with E-state index in [1.54, 1.807) is 24.3 Å². The number of hydrogen-bond donors (Lipinski definition) is 1. The molecule has 1 aliphatic heterocycles. The lowest BCUT2D eigenvalue weighted by Crippen LogP contribution is -2.21. The van der Waals surface area contributed by atoms with Gasteiger partial charge in [0.2, 0.25) is 0 Å². The van der Waals surface area contributed by atoms with E-state index in [1.807, 2.05) is 0 Å². The Kier molecular flexibility index (Phi) is 5.61. The van der Waals surface area contributed by atoms with Crippen molar-refractivity contribution in [2.24, 2.45) is 0 Å². The molecule has 1 fully saturated rings. The monoisotopic (exact) mass is 441 g/mol. The number of benzene rings is 1. The Morgan fingerprint density at radius 1 is 1.30 bits per heavy atom. The van der Waals surface area contributed by atoms with Crippen molar-refractivity contribution in [1.82, 2.24) is 14.9 Å². The van der Waals surface area contributed by atoms with Crippen molar-refractivity contribution < 1.29 is 27.5 Å². The predicted molar refractivity (Wildman–Crippen MR) is 103 cm³/mol. The first-order valence-corrected chi connectivity index (χ1v) is 9.82. The van der Waals surface area contributed by atoms with Gasteiger partial charge in [-0.3, -0.25) is 4.68 Å². The maximum absolute atomic E-state index is 13.9. The standard InChI is InChI=1S/C20H19ClF3N3O3/c1-11(28)10-27-19(20(22,23)24)13(9-25-27)18-16(15-7-4-8-29-15)17(26-30-18)12-5-2-3-6-14(12)21/h2-3,5-6,9,11,15,28H,4,7-8,10H2,1H3/t11-,15?/m0/s1. The summed E-state index contributed by atoms with van der Waals surface area (Å²) in [5.41, 5.74) is 0.0511. The van der Waals surface area contributed by atoms with Gasteiger partial charge in [-0.1, -0.05) is 35.0 Å². The van der Waals surface area contributed by atoms with Gasteiger partial charge in [-0.2, -0.15) is 18.3 Å². The van der Waals surface area contributed by atoms with E-state index in [0.29, 0.717) is 34.9 Å². The molecule has 3 heterocycles. The Morgan fingerprint density at radius 2 is 2.07 bits per heavy atom. The molecule has 30 heavy (non-hydrogen) atoms. The number of ether oxygens (including phenoxy) is 1. The minimum atomic E-state index is -4.72. The maximum Gasteiger partial charge on any atom is 0.433 e. The normalized spacial score (nSPS) is 18.1. The molecule has 10 heteroatoms. The van der Waals surface area contributed by atoms with Gasteiger partial charge in [-0.05, 0) is 25.8 Å². The van der Waals surface area contributed by atoms with Crippen LogP contribution in [0.25, 0.3) is 22.6 Å². The Bertz CT molecular complexity index is 1040. The lowest BCUT2D eigenvalue weighted by atomic mass is 9.96. The second-order valence-electron chi connectivity index (χ2n) is 7.19. The van der Waals surface area contributed by atoms with Gasteiger partial charge in [0.05, 0.1) is 41.1 Å². The number of alkyl halides is 3. The topological polar surface area (TPSA) is 73.3 Å². The van der Waals surface area contributed by atoms with Crippen LogP contribution >= 0.6 is 11.6 Å². The van der Waals surface area contributed by atoms with Crippen molar-refractivity contribution >= 4 is 11.6 Å². The van der Waals surface area contributed by atoms with E-state index in [9.17, 15) is 18.3 Å². The van der Waals surface area contributed by atoms with Gasteiger partial charge in [0.25, 0.3) is 0 Å². The number of aliphatic hydroxyl groups is 1. The van der Waals surface area contributed by atoms with Crippen molar-refractivity contribution in [3.8, 4) is 22.6 Å². The molecule has 2 atom stereocenters. The molecule has 1 N–H and O–H groups in total. The highest BCUT2D eigenvalue weighted by atomic mass is 35.5. The van der Waals surface area contributed by atoms with Gasteiger partial charge >= 0.3 is 6.18 Å². The molecule has 6 nitrogen and oxygen atoms in total. The van der Waals surface area contributed by atoms with Crippen LogP contribution in [-0.2, 0) is 17.5 Å². The number of nitrogens with zero attached hydrogens (tertiary/aromatic N) is 3. The first kappa shape index (κ1) is 20.9. The highest BCUT2D eigenvalue weighted by molar-refractivity contribution is 6.33. The quantitative estimate of drug-likeness (QED) is 0.595. The number of aliphatic hydroxyl groups excluding tert-OH is 1. The van der Waals surface area contributed by atoms with Crippen LogP contribution in [0.3, 0.4) is 0 Å². The van der Waals surface area contributed by atoms with Crippen molar-refractivity contribution in [3.63, 3.8) is 0 Å². The average molecular weight is 442 g/mol. The summed E-state index contributed by atoms with van der Waals surface area (Å²) in [4.78, 5) is 0. The minimum Gasteiger partial charge on any atom is -0.391 e. The molecule has 1 aliphatic rings. The second-order valence-corrected chi connectivity index (χ2v) is 7.60. The fourth-order valence-corrected chi connectivity index (χ4v) is 3.91. The minimum absolute atomic E-state index is 0.0546. The predicted octanol–water partition coefficient (Wildman–Crippen LogP) is 5.11. The fourth-order valence-electron chi connectivity index (χ4n) is 3.68. The second kappa shape index (κ2) is 8.05. The smallest absolute Gasteiger partial charge is 0.391 e. The van der Waals surface area contributed by atoms with E-state index in [4.69, 9.17) is 20.9 Å². The number of hydrogen-bond acceptors (Lipinski definition) is 5. The summed E-state index contributed by atoms with van der Waals surface area (Å²) in [5.74, 6) is -0.0546. The van der Waals surface area contributed by atoms with E-state index in [-0.39, 0.29) is 17.9 Å².